The number of aliphatic hydroxyl groups excluding tert-OH is 1. The molecule has 0 radical (unpaired) electrons. The van der Waals surface area contributed by atoms with Gasteiger partial charge in [0.15, 0.2) is 0 Å². The summed E-state index contributed by atoms with van der Waals surface area (Å²) in [4.78, 5) is 2.60. The average Bonchev–Trinajstić information content (AvgIpc) is 2.55. The van der Waals surface area contributed by atoms with Gasteiger partial charge in [-0.15, -0.1) is 0 Å². The van der Waals surface area contributed by atoms with Gasteiger partial charge in [0.2, 0.25) is 0 Å². The smallest absolute Gasteiger partial charge is 0.0445 e. The molecule has 1 saturated heterocycles. The SMILES string of the molecule is CCCN1CCCC(NC(CCO)C(C)C)CC1. The summed E-state index contributed by atoms with van der Waals surface area (Å²) in [6.07, 6.45) is 6.00. The monoisotopic (exact) mass is 256 g/mol. The molecule has 0 aromatic heterocycles. The second-order valence-electron chi connectivity index (χ2n) is 6.00. The zero-order chi connectivity index (χ0) is 13.4. The van der Waals surface area contributed by atoms with Crippen LogP contribution in [0.25, 0.3) is 0 Å². The predicted octanol–water partition coefficient (Wildman–Crippen LogP) is 2.25. The molecular formula is C15H32N2O. The first-order valence-electron chi connectivity index (χ1n) is 7.76. The summed E-state index contributed by atoms with van der Waals surface area (Å²) < 4.78 is 0. The van der Waals surface area contributed by atoms with Crippen LogP contribution in [0.15, 0.2) is 0 Å². The average molecular weight is 256 g/mol. The molecule has 3 nitrogen and oxygen atoms in total. The summed E-state index contributed by atoms with van der Waals surface area (Å²) >= 11 is 0. The van der Waals surface area contributed by atoms with Crippen molar-refractivity contribution in [2.24, 2.45) is 5.92 Å². The van der Waals surface area contributed by atoms with Crippen molar-refractivity contribution < 1.29 is 5.11 Å². The Morgan fingerprint density at radius 3 is 2.67 bits per heavy atom. The Bertz CT molecular complexity index is 209. The first kappa shape index (κ1) is 15.9. The lowest BCUT2D eigenvalue weighted by Crippen LogP contribution is -2.42. The highest BCUT2D eigenvalue weighted by atomic mass is 16.3. The van der Waals surface area contributed by atoms with E-state index in [1.807, 2.05) is 0 Å². The number of hydrogen-bond acceptors (Lipinski definition) is 3. The van der Waals surface area contributed by atoms with Gasteiger partial charge in [0.05, 0.1) is 0 Å². The Hall–Kier alpha value is -0.120. The Labute approximate surface area is 113 Å². The third-order valence-corrected chi connectivity index (χ3v) is 4.06. The van der Waals surface area contributed by atoms with Gasteiger partial charge >= 0.3 is 0 Å². The summed E-state index contributed by atoms with van der Waals surface area (Å²) in [6, 6.07) is 1.11. The van der Waals surface area contributed by atoms with Gasteiger partial charge in [0, 0.05) is 18.7 Å². The van der Waals surface area contributed by atoms with Gasteiger partial charge in [0.1, 0.15) is 0 Å². The van der Waals surface area contributed by atoms with Gasteiger partial charge in [-0.3, -0.25) is 0 Å². The molecule has 2 unspecified atom stereocenters. The molecule has 0 amide bonds. The first-order chi connectivity index (χ1) is 8.67. The molecule has 1 aliphatic heterocycles. The van der Waals surface area contributed by atoms with E-state index < -0.39 is 0 Å². The summed E-state index contributed by atoms with van der Waals surface area (Å²) in [6.45, 7) is 10.8. The molecule has 0 aromatic carbocycles. The minimum atomic E-state index is 0.296. The predicted molar refractivity (Wildman–Crippen MR) is 77.8 cm³/mol. The number of nitrogens with one attached hydrogen (secondary N) is 1. The number of hydrogen-bond donors (Lipinski definition) is 2. The number of aliphatic hydroxyl groups is 1. The Morgan fingerprint density at radius 1 is 1.28 bits per heavy atom. The normalized spacial score (nSPS) is 24.2. The van der Waals surface area contributed by atoms with Crippen LogP contribution in [-0.2, 0) is 0 Å². The molecule has 0 aliphatic carbocycles. The summed E-state index contributed by atoms with van der Waals surface area (Å²) in [5.41, 5.74) is 0. The van der Waals surface area contributed by atoms with Crippen molar-refractivity contribution in [3.8, 4) is 0 Å². The van der Waals surface area contributed by atoms with E-state index in [0.29, 0.717) is 24.6 Å². The van der Waals surface area contributed by atoms with Crippen molar-refractivity contribution in [1.82, 2.24) is 10.2 Å². The standard InChI is InChI=1S/C15H32N2O/c1-4-9-17-10-5-6-14(7-11-17)16-15(8-12-18)13(2)3/h13-16,18H,4-12H2,1-3H3. The van der Waals surface area contributed by atoms with E-state index >= 15 is 0 Å². The lowest BCUT2D eigenvalue weighted by Gasteiger charge is -2.27. The Morgan fingerprint density at radius 2 is 2.06 bits per heavy atom. The molecule has 1 heterocycles. The molecule has 0 spiro atoms. The highest BCUT2D eigenvalue weighted by molar-refractivity contribution is 4.80. The minimum absolute atomic E-state index is 0.296. The fourth-order valence-electron chi connectivity index (χ4n) is 2.91. The van der Waals surface area contributed by atoms with Crippen LogP contribution in [0.4, 0.5) is 0 Å². The van der Waals surface area contributed by atoms with Crippen LogP contribution in [0.5, 0.6) is 0 Å². The zero-order valence-corrected chi connectivity index (χ0v) is 12.5. The van der Waals surface area contributed by atoms with Gasteiger partial charge in [-0.1, -0.05) is 20.8 Å². The van der Waals surface area contributed by atoms with Crippen LogP contribution < -0.4 is 5.32 Å². The highest BCUT2D eigenvalue weighted by Crippen LogP contribution is 2.15. The van der Waals surface area contributed by atoms with Gasteiger partial charge < -0.3 is 15.3 Å². The van der Waals surface area contributed by atoms with Crippen LogP contribution in [0, 0.1) is 5.92 Å². The second kappa shape index (κ2) is 8.89. The Kier molecular flexibility index (Phi) is 7.87. The van der Waals surface area contributed by atoms with Crippen LogP contribution in [0.2, 0.25) is 0 Å². The van der Waals surface area contributed by atoms with E-state index in [4.69, 9.17) is 5.11 Å². The third kappa shape index (κ3) is 5.68. The maximum absolute atomic E-state index is 9.13. The molecule has 2 N–H and O–H groups in total. The summed E-state index contributed by atoms with van der Waals surface area (Å²) in [5, 5.41) is 12.9. The van der Waals surface area contributed by atoms with Gasteiger partial charge in [-0.2, -0.15) is 0 Å². The van der Waals surface area contributed by atoms with E-state index in [1.165, 1.54) is 45.3 Å². The summed E-state index contributed by atoms with van der Waals surface area (Å²) in [5.74, 6) is 0.604. The molecule has 0 saturated carbocycles. The largest absolute Gasteiger partial charge is 0.396 e. The van der Waals surface area contributed by atoms with Crippen molar-refractivity contribution in [2.45, 2.75) is 65.0 Å². The van der Waals surface area contributed by atoms with Crippen molar-refractivity contribution in [1.29, 1.82) is 0 Å². The van der Waals surface area contributed by atoms with E-state index in [0.717, 1.165) is 6.42 Å². The number of rotatable bonds is 7. The molecule has 3 heteroatoms. The van der Waals surface area contributed by atoms with Crippen LogP contribution >= 0.6 is 0 Å². The van der Waals surface area contributed by atoms with E-state index in [-0.39, 0.29) is 0 Å². The molecule has 1 fully saturated rings. The van der Waals surface area contributed by atoms with Gasteiger partial charge in [0.25, 0.3) is 0 Å². The van der Waals surface area contributed by atoms with Crippen LogP contribution in [0.1, 0.15) is 52.9 Å². The molecule has 0 bridgehead atoms. The van der Waals surface area contributed by atoms with Crippen molar-refractivity contribution >= 4 is 0 Å². The van der Waals surface area contributed by atoms with Crippen LogP contribution in [0.3, 0.4) is 0 Å². The third-order valence-electron chi connectivity index (χ3n) is 4.06. The van der Waals surface area contributed by atoms with E-state index in [9.17, 15) is 0 Å². The van der Waals surface area contributed by atoms with Crippen molar-refractivity contribution in [3.63, 3.8) is 0 Å². The Balaban J connectivity index is 2.37. The molecule has 18 heavy (non-hydrogen) atoms. The second-order valence-corrected chi connectivity index (χ2v) is 6.00. The molecule has 2 atom stereocenters. The fraction of sp³-hybridized carbons (Fsp3) is 1.00. The first-order valence-corrected chi connectivity index (χ1v) is 7.76. The minimum Gasteiger partial charge on any atom is -0.396 e. The maximum atomic E-state index is 9.13. The quantitative estimate of drug-likeness (QED) is 0.733. The molecule has 1 aliphatic rings. The topological polar surface area (TPSA) is 35.5 Å². The van der Waals surface area contributed by atoms with Gasteiger partial charge in [-0.25, -0.2) is 0 Å². The van der Waals surface area contributed by atoms with E-state index in [2.05, 4.69) is 31.0 Å². The molecule has 108 valence electrons. The lowest BCUT2D eigenvalue weighted by molar-refractivity contribution is 0.229. The number of likely N-dealkylation sites (tertiary alicyclic amines) is 1. The van der Waals surface area contributed by atoms with Crippen LogP contribution in [-0.4, -0.2) is 48.3 Å². The highest BCUT2D eigenvalue weighted by Gasteiger charge is 2.20. The zero-order valence-electron chi connectivity index (χ0n) is 12.5. The molecular weight excluding hydrogens is 224 g/mol. The van der Waals surface area contributed by atoms with Crippen molar-refractivity contribution in [3.05, 3.63) is 0 Å². The van der Waals surface area contributed by atoms with E-state index in [1.54, 1.807) is 0 Å². The fourth-order valence-corrected chi connectivity index (χ4v) is 2.91. The number of nitrogens with zero attached hydrogens (tertiary/aromatic N) is 1. The molecule has 1 rings (SSSR count). The summed E-state index contributed by atoms with van der Waals surface area (Å²) in [7, 11) is 0. The van der Waals surface area contributed by atoms with Gasteiger partial charge in [-0.05, 0) is 57.7 Å². The van der Waals surface area contributed by atoms with Crippen molar-refractivity contribution in [2.75, 3.05) is 26.2 Å². The lowest BCUT2D eigenvalue weighted by atomic mass is 9.98. The molecule has 0 aromatic rings. The maximum Gasteiger partial charge on any atom is 0.0445 e.